The molecule has 0 aliphatic carbocycles. The number of hydrogen-bond acceptors (Lipinski definition) is 5. The van der Waals surface area contributed by atoms with Crippen LogP contribution >= 0.6 is 0 Å². The highest BCUT2D eigenvalue weighted by Gasteiger charge is 2.22. The van der Waals surface area contributed by atoms with E-state index in [2.05, 4.69) is 11.8 Å². The molecule has 0 spiro atoms. The highest BCUT2D eigenvalue weighted by atomic mass is 16.6. The largest absolute Gasteiger partial charge is 0.393 e. The van der Waals surface area contributed by atoms with Crippen molar-refractivity contribution in [2.45, 2.75) is 25.9 Å². The monoisotopic (exact) mass is 265 g/mol. The molecule has 0 aromatic heterocycles. The number of rotatable bonds is 4. The van der Waals surface area contributed by atoms with Gasteiger partial charge in [0.15, 0.2) is 0 Å². The zero-order chi connectivity index (χ0) is 13.8. The average Bonchev–Trinajstić information content (AvgIpc) is 2.41. The number of nitrogens with two attached hydrogens (primary N) is 1. The Morgan fingerprint density at radius 2 is 2.37 bits per heavy atom. The molecule has 1 unspecified atom stereocenters. The number of nitro groups is 1. The summed E-state index contributed by atoms with van der Waals surface area (Å²) in [5.74, 6) is 0. The van der Waals surface area contributed by atoms with Crippen molar-refractivity contribution in [3.8, 4) is 0 Å². The van der Waals surface area contributed by atoms with Gasteiger partial charge in [0.1, 0.15) is 5.69 Å². The van der Waals surface area contributed by atoms with E-state index in [4.69, 9.17) is 10.5 Å². The molecular formula is C13H19N3O3. The molecule has 0 saturated carbocycles. The van der Waals surface area contributed by atoms with Crippen LogP contribution in [0.4, 0.5) is 11.4 Å². The van der Waals surface area contributed by atoms with E-state index in [9.17, 15) is 10.1 Å². The third kappa shape index (κ3) is 3.21. The van der Waals surface area contributed by atoms with Crippen molar-refractivity contribution in [1.29, 1.82) is 0 Å². The molecule has 0 radical (unpaired) electrons. The minimum atomic E-state index is -0.435. The lowest BCUT2D eigenvalue weighted by Crippen LogP contribution is -2.44. The molecule has 19 heavy (non-hydrogen) atoms. The lowest BCUT2D eigenvalue weighted by molar-refractivity contribution is -0.384. The van der Waals surface area contributed by atoms with E-state index in [0.717, 1.165) is 25.1 Å². The summed E-state index contributed by atoms with van der Waals surface area (Å²) in [5.41, 5.74) is 6.72. The number of hydrogen-bond donors (Lipinski definition) is 1. The summed E-state index contributed by atoms with van der Waals surface area (Å²) >= 11 is 0. The van der Waals surface area contributed by atoms with Crippen LogP contribution in [0.15, 0.2) is 18.2 Å². The molecular weight excluding hydrogens is 246 g/mol. The van der Waals surface area contributed by atoms with Gasteiger partial charge in [0.05, 0.1) is 18.1 Å². The Balaban J connectivity index is 2.14. The number of nitro benzene ring substituents is 1. The maximum atomic E-state index is 10.9. The van der Waals surface area contributed by atoms with Crippen molar-refractivity contribution < 1.29 is 9.66 Å². The van der Waals surface area contributed by atoms with Crippen LogP contribution in [0.2, 0.25) is 0 Å². The molecule has 0 bridgehead atoms. The second-order valence-electron chi connectivity index (χ2n) is 4.76. The first kappa shape index (κ1) is 13.8. The Kier molecular flexibility index (Phi) is 4.34. The number of anilines is 1. The standard InChI is InChI=1S/C13H19N3O3/c1-2-11-9-19-6-5-15(11)8-10-3-4-12(14)13(7-10)16(17)18/h3-4,7,11H,2,5-6,8-9,14H2,1H3. The van der Waals surface area contributed by atoms with Gasteiger partial charge in [-0.15, -0.1) is 0 Å². The van der Waals surface area contributed by atoms with Crippen molar-refractivity contribution in [3.63, 3.8) is 0 Å². The molecule has 2 rings (SSSR count). The van der Waals surface area contributed by atoms with Crippen LogP contribution in [0.5, 0.6) is 0 Å². The van der Waals surface area contributed by atoms with E-state index < -0.39 is 4.92 Å². The summed E-state index contributed by atoms with van der Waals surface area (Å²) in [6, 6.07) is 5.40. The van der Waals surface area contributed by atoms with Crippen molar-refractivity contribution in [2.75, 3.05) is 25.5 Å². The molecule has 1 aromatic carbocycles. The third-order valence-corrected chi connectivity index (χ3v) is 3.50. The summed E-state index contributed by atoms with van der Waals surface area (Å²) in [5, 5.41) is 10.9. The van der Waals surface area contributed by atoms with E-state index >= 15 is 0 Å². The van der Waals surface area contributed by atoms with E-state index in [0.29, 0.717) is 19.2 Å². The van der Waals surface area contributed by atoms with Gasteiger partial charge in [0, 0.05) is 25.2 Å². The third-order valence-electron chi connectivity index (χ3n) is 3.50. The molecule has 1 fully saturated rings. The number of benzene rings is 1. The summed E-state index contributed by atoms with van der Waals surface area (Å²) in [7, 11) is 0. The van der Waals surface area contributed by atoms with Gasteiger partial charge in [0.25, 0.3) is 5.69 Å². The van der Waals surface area contributed by atoms with Crippen LogP contribution in [0.1, 0.15) is 18.9 Å². The van der Waals surface area contributed by atoms with E-state index in [1.54, 1.807) is 12.1 Å². The van der Waals surface area contributed by atoms with E-state index in [-0.39, 0.29) is 11.4 Å². The van der Waals surface area contributed by atoms with Crippen LogP contribution in [-0.2, 0) is 11.3 Å². The van der Waals surface area contributed by atoms with Gasteiger partial charge < -0.3 is 10.5 Å². The number of nitrogens with zero attached hydrogens (tertiary/aromatic N) is 2. The SMILES string of the molecule is CCC1COCCN1Cc1ccc(N)c([N+](=O)[O-])c1. The maximum Gasteiger partial charge on any atom is 0.292 e. The Bertz CT molecular complexity index is 464. The van der Waals surface area contributed by atoms with E-state index in [1.165, 1.54) is 0 Å². The van der Waals surface area contributed by atoms with Gasteiger partial charge in [-0.2, -0.15) is 0 Å². The van der Waals surface area contributed by atoms with Crippen molar-refractivity contribution in [3.05, 3.63) is 33.9 Å². The van der Waals surface area contributed by atoms with Crippen LogP contribution in [0.25, 0.3) is 0 Å². The quantitative estimate of drug-likeness (QED) is 0.510. The smallest absolute Gasteiger partial charge is 0.292 e. The molecule has 6 nitrogen and oxygen atoms in total. The van der Waals surface area contributed by atoms with Gasteiger partial charge >= 0.3 is 0 Å². The van der Waals surface area contributed by atoms with E-state index in [1.807, 2.05) is 6.07 Å². The first-order chi connectivity index (χ1) is 9.11. The van der Waals surface area contributed by atoms with Crippen molar-refractivity contribution in [2.24, 2.45) is 0 Å². The summed E-state index contributed by atoms with van der Waals surface area (Å²) in [4.78, 5) is 12.7. The van der Waals surface area contributed by atoms with Crippen molar-refractivity contribution >= 4 is 11.4 Å². The molecule has 6 heteroatoms. The first-order valence-corrected chi connectivity index (χ1v) is 6.46. The predicted molar refractivity (Wildman–Crippen MR) is 72.8 cm³/mol. The fraction of sp³-hybridized carbons (Fsp3) is 0.538. The molecule has 2 N–H and O–H groups in total. The maximum absolute atomic E-state index is 10.9. The predicted octanol–water partition coefficient (Wildman–Crippen LogP) is 1.79. The summed E-state index contributed by atoms with van der Waals surface area (Å²) < 4.78 is 5.45. The molecule has 1 aliphatic rings. The van der Waals surface area contributed by atoms with Gasteiger partial charge in [0.2, 0.25) is 0 Å². The Hall–Kier alpha value is -1.66. The lowest BCUT2D eigenvalue weighted by atomic mass is 10.1. The topological polar surface area (TPSA) is 81.6 Å². The number of nitrogen functional groups attached to an aromatic ring is 1. The molecule has 1 atom stereocenters. The second kappa shape index (κ2) is 5.99. The fourth-order valence-corrected chi connectivity index (χ4v) is 2.35. The fourth-order valence-electron chi connectivity index (χ4n) is 2.35. The van der Waals surface area contributed by atoms with Crippen molar-refractivity contribution in [1.82, 2.24) is 4.90 Å². The molecule has 104 valence electrons. The number of morpholine rings is 1. The average molecular weight is 265 g/mol. The molecule has 1 saturated heterocycles. The Morgan fingerprint density at radius 1 is 1.58 bits per heavy atom. The van der Waals surface area contributed by atoms with Gasteiger partial charge in [-0.25, -0.2) is 0 Å². The summed E-state index contributed by atoms with van der Waals surface area (Å²) in [6.45, 7) is 5.12. The molecule has 1 heterocycles. The molecule has 0 amide bonds. The summed E-state index contributed by atoms with van der Waals surface area (Å²) in [6.07, 6.45) is 1.01. The normalized spacial score (nSPS) is 20.4. The van der Waals surface area contributed by atoms with Gasteiger partial charge in [-0.05, 0) is 18.1 Å². The number of ether oxygens (including phenoxy) is 1. The lowest BCUT2D eigenvalue weighted by Gasteiger charge is -2.35. The molecule has 1 aromatic rings. The van der Waals surface area contributed by atoms with Gasteiger partial charge in [-0.3, -0.25) is 15.0 Å². The first-order valence-electron chi connectivity index (χ1n) is 6.46. The minimum Gasteiger partial charge on any atom is -0.393 e. The zero-order valence-electron chi connectivity index (χ0n) is 11.0. The van der Waals surface area contributed by atoms with Crippen LogP contribution in [0, 0.1) is 10.1 Å². The Morgan fingerprint density at radius 3 is 3.05 bits per heavy atom. The van der Waals surface area contributed by atoms with Crippen LogP contribution < -0.4 is 5.73 Å². The second-order valence-corrected chi connectivity index (χ2v) is 4.76. The Labute approximate surface area is 112 Å². The highest BCUT2D eigenvalue weighted by Crippen LogP contribution is 2.24. The van der Waals surface area contributed by atoms with Crippen LogP contribution in [0.3, 0.4) is 0 Å². The van der Waals surface area contributed by atoms with Crippen LogP contribution in [-0.4, -0.2) is 35.6 Å². The highest BCUT2D eigenvalue weighted by molar-refractivity contribution is 5.59. The molecule has 1 aliphatic heterocycles. The minimum absolute atomic E-state index is 0.0150. The zero-order valence-corrected chi connectivity index (χ0v) is 11.0. The van der Waals surface area contributed by atoms with Gasteiger partial charge in [-0.1, -0.05) is 13.0 Å².